The fourth-order valence-corrected chi connectivity index (χ4v) is 2.55. The van der Waals surface area contributed by atoms with Gasteiger partial charge in [0.1, 0.15) is 6.04 Å². The molecule has 0 aliphatic carbocycles. The third-order valence-corrected chi connectivity index (χ3v) is 3.74. The molecule has 1 heterocycles. The molecule has 2 rings (SSSR count). The Balaban J connectivity index is 2.50. The van der Waals surface area contributed by atoms with Gasteiger partial charge in [-0.25, -0.2) is 9.59 Å². The average molecular weight is 343 g/mol. The smallest absolute Gasteiger partial charge is 0.407 e. The van der Waals surface area contributed by atoms with Gasteiger partial charge in [-0.15, -0.1) is 0 Å². The maximum Gasteiger partial charge on any atom is 0.407 e. The lowest BCUT2D eigenvalue weighted by Gasteiger charge is -2.15. The second-order valence-electron chi connectivity index (χ2n) is 5.30. The van der Waals surface area contributed by atoms with Crippen LogP contribution in [0.3, 0.4) is 0 Å². The molecule has 0 unspecified atom stereocenters. The Morgan fingerprint density at radius 1 is 1.28 bits per heavy atom. The van der Waals surface area contributed by atoms with Gasteiger partial charge in [-0.3, -0.25) is 9.36 Å². The van der Waals surface area contributed by atoms with E-state index < -0.39 is 18.1 Å². The standard InChI is InChI=1S/C17H17N3O5/c1-10(21)20-9-12(13-6-11(8-18)4-5-15(13)20)7-14(16(22)24-2)19-17(23)25-3/h4-6,9,14H,7H2,1-3H3,(H,19,23)/t14-/m0/s1. The van der Waals surface area contributed by atoms with Gasteiger partial charge in [0.05, 0.1) is 31.4 Å². The first-order valence-electron chi connectivity index (χ1n) is 7.38. The van der Waals surface area contributed by atoms with Crippen LogP contribution in [0.25, 0.3) is 10.9 Å². The molecule has 0 radical (unpaired) electrons. The van der Waals surface area contributed by atoms with Crippen molar-refractivity contribution in [2.45, 2.75) is 19.4 Å². The molecule has 0 saturated heterocycles. The number of ether oxygens (including phenoxy) is 2. The van der Waals surface area contributed by atoms with Crippen LogP contribution in [0.4, 0.5) is 4.79 Å². The van der Waals surface area contributed by atoms with Gasteiger partial charge in [-0.05, 0) is 23.8 Å². The van der Waals surface area contributed by atoms with Crippen LogP contribution in [0.1, 0.15) is 22.8 Å². The number of rotatable bonds is 4. The molecule has 1 atom stereocenters. The monoisotopic (exact) mass is 343 g/mol. The van der Waals surface area contributed by atoms with E-state index in [1.165, 1.54) is 25.7 Å². The van der Waals surface area contributed by atoms with E-state index in [1.54, 1.807) is 24.4 Å². The fourth-order valence-electron chi connectivity index (χ4n) is 2.55. The van der Waals surface area contributed by atoms with Crippen LogP contribution in [0.5, 0.6) is 0 Å². The molecule has 0 bridgehead atoms. The largest absolute Gasteiger partial charge is 0.467 e. The summed E-state index contributed by atoms with van der Waals surface area (Å²) < 4.78 is 10.7. The zero-order valence-electron chi connectivity index (χ0n) is 14.0. The minimum atomic E-state index is -0.991. The number of methoxy groups -OCH3 is 2. The topological polar surface area (TPSA) is 110 Å². The summed E-state index contributed by atoms with van der Waals surface area (Å²) in [7, 11) is 2.39. The molecule has 8 nitrogen and oxygen atoms in total. The third-order valence-electron chi connectivity index (χ3n) is 3.74. The minimum absolute atomic E-state index is 0.0768. The molecule has 1 N–H and O–H groups in total. The lowest BCUT2D eigenvalue weighted by molar-refractivity contribution is -0.142. The van der Waals surface area contributed by atoms with Crippen LogP contribution in [0, 0.1) is 11.3 Å². The van der Waals surface area contributed by atoms with Crippen molar-refractivity contribution in [2.24, 2.45) is 0 Å². The second kappa shape index (κ2) is 7.49. The number of nitrogens with zero attached hydrogens (tertiary/aromatic N) is 2. The van der Waals surface area contributed by atoms with Crippen molar-refractivity contribution in [1.29, 1.82) is 5.26 Å². The maximum atomic E-state index is 11.9. The Bertz CT molecular complexity index is 878. The van der Waals surface area contributed by atoms with Crippen LogP contribution >= 0.6 is 0 Å². The number of hydrogen-bond acceptors (Lipinski definition) is 6. The number of esters is 1. The van der Waals surface area contributed by atoms with Gasteiger partial charge in [0, 0.05) is 24.9 Å². The molecule has 2 aromatic rings. The van der Waals surface area contributed by atoms with Crippen LogP contribution in [0.15, 0.2) is 24.4 Å². The SMILES string of the molecule is COC(=O)N[C@@H](Cc1cn(C(C)=O)c2ccc(C#N)cc12)C(=O)OC. The first kappa shape index (κ1) is 18.0. The summed E-state index contributed by atoms with van der Waals surface area (Å²) in [5.41, 5.74) is 1.66. The van der Waals surface area contributed by atoms with E-state index in [4.69, 9.17) is 10.00 Å². The Labute approximate surface area is 143 Å². The highest BCUT2D eigenvalue weighted by Crippen LogP contribution is 2.24. The molecule has 130 valence electrons. The van der Waals surface area contributed by atoms with Crippen molar-refractivity contribution < 1.29 is 23.9 Å². The zero-order valence-corrected chi connectivity index (χ0v) is 14.0. The van der Waals surface area contributed by atoms with Crippen molar-refractivity contribution in [3.8, 4) is 6.07 Å². The average Bonchev–Trinajstić information content (AvgIpc) is 2.98. The van der Waals surface area contributed by atoms with E-state index in [9.17, 15) is 14.4 Å². The molecule has 0 spiro atoms. The van der Waals surface area contributed by atoms with E-state index in [0.29, 0.717) is 22.0 Å². The van der Waals surface area contributed by atoms with Crippen molar-refractivity contribution in [3.05, 3.63) is 35.5 Å². The van der Waals surface area contributed by atoms with Crippen LogP contribution < -0.4 is 5.32 Å². The molecular weight excluding hydrogens is 326 g/mol. The molecule has 0 aliphatic heterocycles. The number of fused-ring (bicyclic) bond motifs is 1. The van der Waals surface area contributed by atoms with Gasteiger partial charge in [0.15, 0.2) is 0 Å². The molecule has 0 fully saturated rings. The Hall–Kier alpha value is -3.34. The first-order chi connectivity index (χ1) is 11.9. The summed E-state index contributed by atoms with van der Waals surface area (Å²) >= 11 is 0. The number of aromatic nitrogens is 1. The van der Waals surface area contributed by atoms with E-state index in [2.05, 4.69) is 10.1 Å². The molecule has 8 heteroatoms. The predicted octanol–water partition coefficient (Wildman–Crippen LogP) is 1.61. The summed E-state index contributed by atoms with van der Waals surface area (Å²) in [5.74, 6) is -0.859. The van der Waals surface area contributed by atoms with Crippen LogP contribution in [0.2, 0.25) is 0 Å². The lowest BCUT2D eigenvalue weighted by atomic mass is 10.0. The molecule has 0 saturated carbocycles. The number of carbonyl (C=O) groups is 3. The van der Waals surface area contributed by atoms with Crippen molar-refractivity contribution in [3.63, 3.8) is 0 Å². The quantitative estimate of drug-likeness (QED) is 0.845. The van der Waals surface area contributed by atoms with E-state index in [0.717, 1.165) is 0 Å². The third kappa shape index (κ3) is 3.77. The van der Waals surface area contributed by atoms with Gasteiger partial charge in [-0.2, -0.15) is 5.26 Å². The highest BCUT2D eigenvalue weighted by molar-refractivity contribution is 5.94. The van der Waals surface area contributed by atoms with Crippen molar-refractivity contribution in [2.75, 3.05) is 14.2 Å². The zero-order chi connectivity index (χ0) is 18.6. The number of nitrogens with one attached hydrogen (secondary N) is 1. The maximum absolute atomic E-state index is 11.9. The molecular formula is C17H17N3O5. The Morgan fingerprint density at radius 2 is 2.00 bits per heavy atom. The van der Waals surface area contributed by atoms with E-state index in [1.807, 2.05) is 6.07 Å². The molecule has 25 heavy (non-hydrogen) atoms. The normalized spacial score (nSPS) is 11.4. The highest BCUT2D eigenvalue weighted by Gasteiger charge is 2.24. The highest BCUT2D eigenvalue weighted by atomic mass is 16.5. The van der Waals surface area contributed by atoms with Gasteiger partial charge in [0.2, 0.25) is 5.91 Å². The molecule has 1 amide bonds. The van der Waals surface area contributed by atoms with Crippen molar-refractivity contribution in [1.82, 2.24) is 9.88 Å². The summed E-state index contributed by atoms with van der Waals surface area (Å²) in [6.07, 6.45) is 0.889. The first-order valence-corrected chi connectivity index (χ1v) is 7.38. The number of hydrogen-bond donors (Lipinski definition) is 1. The van der Waals surface area contributed by atoms with Crippen LogP contribution in [-0.2, 0) is 20.7 Å². The number of benzene rings is 1. The Kier molecular flexibility index (Phi) is 5.39. The number of nitriles is 1. The van der Waals surface area contributed by atoms with Crippen LogP contribution in [-0.4, -0.2) is 42.8 Å². The molecule has 1 aromatic heterocycles. The predicted molar refractivity (Wildman–Crippen MR) is 88.0 cm³/mol. The van der Waals surface area contributed by atoms with E-state index >= 15 is 0 Å². The summed E-state index contributed by atoms with van der Waals surface area (Å²) in [6.45, 7) is 1.41. The summed E-state index contributed by atoms with van der Waals surface area (Å²) in [6, 6.07) is 5.96. The number of alkyl carbamates (subject to hydrolysis) is 1. The number of carbonyl (C=O) groups excluding carboxylic acids is 3. The summed E-state index contributed by atoms with van der Waals surface area (Å²) in [5, 5.41) is 12.1. The Morgan fingerprint density at radius 3 is 2.56 bits per heavy atom. The molecule has 1 aromatic carbocycles. The van der Waals surface area contributed by atoms with Gasteiger partial charge in [-0.1, -0.05) is 0 Å². The van der Waals surface area contributed by atoms with Crippen molar-refractivity contribution >= 4 is 28.9 Å². The minimum Gasteiger partial charge on any atom is -0.467 e. The van der Waals surface area contributed by atoms with E-state index in [-0.39, 0.29) is 12.3 Å². The fraction of sp³-hybridized carbons (Fsp3) is 0.294. The number of amides is 1. The summed E-state index contributed by atoms with van der Waals surface area (Å²) in [4.78, 5) is 35.3. The second-order valence-corrected chi connectivity index (χ2v) is 5.30. The lowest BCUT2D eigenvalue weighted by Crippen LogP contribution is -2.43. The van der Waals surface area contributed by atoms with Gasteiger partial charge >= 0.3 is 12.1 Å². The van der Waals surface area contributed by atoms with Gasteiger partial charge < -0.3 is 14.8 Å². The van der Waals surface area contributed by atoms with Gasteiger partial charge in [0.25, 0.3) is 0 Å². The molecule has 0 aliphatic rings.